The molecule has 3 aromatic rings. The molecule has 0 unspecified atom stereocenters. The minimum Gasteiger partial charge on any atom is -0.383 e. The molecule has 0 aliphatic heterocycles. The van der Waals surface area contributed by atoms with Gasteiger partial charge in [0.2, 0.25) is 0 Å². The first-order chi connectivity index (χ1) is 6.77. The molecule has 4 nitrogen and oxygen atoms in total. The maximum absolute atomic E-state index is 5.89. The predicted octanol–water partition coefficient (Wildman–Crippen LogP) is 1.41. The summed E-state index contributed by atoms with van der Waals surface area (Å²) in [4.78, 5) is 4.45. The Kier molecular flexibility index (Phi) is 1.21. The van der Waals surface area contributed by atoms with Gasteiger partial charge in [0, 0.05) is 19.4 Å². The number of aromatic nitrogens is 3. The van der Waals surface area contributed by atoms with E-state index in [-0.39, 0.29) is 0 Å². The first-order valence-electron chi connectivity index (χ1n) is 4.45. The highest BCUT2D eigenvalue weighted by atomic mass is 15.1. The molecule has 0 saturated heterocycles. The molecule has 0 aliphatic rings. The molecule has 0 spiro atoms. The van der Waals surface area contributed by atoms with E-state index in [1.807, 2.05) is 46.6 Å². The second-order valence-corrected chi connectivity index (χ2v) is 3.40. The number of hydrogen-bond donors (Lipinski definition) is 1. The van der Waals surface area contributed by atoms with Crippen LogP contribution in [0.5, 0.6) is 0 Å². The van der Waals surface area contributed by atoms with Crippen molar-refractivity contribution in [3.63, 3.8) is 0 Å². The molecule has 3 heterocycles. The molecular formula is C10H10N4. The zero-order chi connectivity index (χ0) is 9.71. The minimum atomic E-state index is 0.712. The number of nitrogens with two attached hydrogens (primary N) is 1. The molecule has 3 rings (SSSR count). The third-order valence-corrected chi connectivity index (χ3v) is 2.51. The van der Waals surface area contributed by atoms with Gasteiger partial charge in [-0.3, -0.25) is 4.40 Å². The van der Waals surface area contributed by atoms with Crippen molar-refractivity contribution in [2.75, 3.05) is 5.73 Å². The van der Waals surface area contributed by atoms with Gasteiger partial charge in [-0.15, -0.1) is 0 Å². The number of aryl methyl sites for hydroxylation is 1. The average Bonchev–Trinajstić information content (AvgIpc) is 2.67. The summed E-state index contributed by atoms with van der Waals surface area (Å²) in [5.74, 6) is 0.712. The smallest absolute Gasteiger partial charge is 0.138 e. The third kappa shape index (κ3) is 0.750. The number of imidazole rings is 1. The molecule has 2 N–H and O–H groups in total. The maximum atomic E-state index is 5.89. The van der Waals surface area contributed by atoms with Crippen molar-refractivity contribution in [3.05, 3.63) is 30.6 Å². The van der Waals surface area contributed by atoms with Gasteiger partial charge in [-0.25, -0.2) is 4.98 Å². The molecule has 0 radical (unpaired) electrons. The largest absolute Gasteiger partial charge is 0.383 e. The molecule has 14 heavy (non-hydrogen) atoms. The maximum Gasteiger partial charge on any atom is 0.138 e. The molecule has 0 amide bonds. The number of rotatable bonds is 0. The SMILES string of the molecule is Cn1cc2c(nc3ccccn32)c1N. The predicted molar refractivity (Wildman–Crippen MR) is 56.1 cm³/mol. The summed E-state index contributed by atoms with van der Waals surface area (Å²) in [5.41, 5.74) is 8.75. The van der Waals surface area contributed by atoms with Gasteiger partial charge in [0.1, 0.15) is 17.0 Å². The molecule has 4 heteroatoms. The van der Waals surface area contributed by atoms with Crippen LogP contribution in [0.4, 0.5) is 5.82 Å². The highest BCUT2D eigenvalue weighted by Crippen LogP contribution is 2.22. The average molecular weight is 186 g/mol. The van der Waals surface area contributed by atoms with Gasteiger partial charge in [0.25, 0.3) is 0 Å². The van der Waals surface area contributed by atoms with Crippen molar-refractivity contribution < 1.29 is 0 Å². The van der Waals surface area contributed by atoms with Crippen molar-refractivity contribution in [1.29, 1.82) is 0 Å². The number of anilines is 1. The topological polar surface area (TPSA) is 48.2 Å². The number of nitrogen functional groups attached to an aromatic ring is 1. The Morgan fingerprint density at radius 1 is 1.36 bits per heavy atom. The van der Waals surface area contributed by atoms with E-state index < -0.39 is 0 Å². The number of nitrogens with zero attached hydrogens (tertiary/aromatic N) is 3. The highest BCUT2D eigenvalue weighted by Gasteiger charge is 2.09. The van der Waals surface area contributed by atoms with Gasteiger partial charge < -0.3 is 10.3 Å². The van der Waals surface area contributed by atoms with Crippen LogP contribution in [-0.2, 0) is 7.05 Å². The molecule has 0 saturated carbocycles. The van der Waals surface area contributed by atoms with Gasteiger partial charge in [-0.1, -0.05) is 6.07 Å². The molecule has 0 fully saturated rings. The lowest BCUT2D eigenvalue weighted by molar-refractivity contribution is 0.941. The van der Waals surface area contributed by atoms with Crippen LogP contribution in [0.3, 0.4) is 0 Å². The van der Waals surface area contributed by atoms with E-state index in [9.17, 15) is 0 Å². The van der Waals surface area contributed by atoms with Crippen molar-refractivity contribution in [2.45, 2.75) is 0 Å². The first-order valence-corrected chi connectivity index (χ1v) is 4.45. The van der Waals surface area contributed by atoms with Gasteiger partial charge in [0.05, 0.1) is 5.52 Å². The molecule has 70 valence electrons. The summed E-state index contributed by atoms with van der Waals surface area (Å²) in [6, 6.07) is 5.92. The summed E-state index contributed by atoms with van der Waals surface area (Å²) in [5, 5.41) is 0. The first kappa shape index (κ1) is 7.44. The van der Waals surface area contributed by atoms with Gasteiger partial charge in [-0.05, 0) is 12.1 Å². The van der Waals surface area contributed by atoms with E-state index >= 15 is 0 Å². The molecule has 0 atom stereocenters. The van der Waals surface area contributed by atoms with Crippen LogP contribution in [0, 0.1) is 0 Å². The van der Waals surface area contributed by atoms with Crippen LogP contribution < -0.4 is 5.73 Å². The van der Waals surface area contributed by atoms with Crippen LogP contribution in [-0.4, -0.2) is 14.0 Å². The molecule has 3 aromatic heterocycles. The zero-order valence-electron chi connectivity index (χ0n) is 7.81. The van der Waals surface area contributed by atoms with E-state index in [0.717, 1.165) is 16.7 Å². The lowest BCUT2D eigenvalue weighted by atomic mass is 10.5. The lowest BCUT2D eigenvalue weighted by Gasteiger charge is -1.94. The van der Waals surface area contributed by atoms with Crippen LogP contribution in [0.15, 0.2) is 30.6 Å². The second kappa shape index (κ2) is 2.29. The van der Waals surface area contributed by atoms with Gasteiger partial charge in [0.15, 0.2) is 0 Å². The Labute approximate surface area is 80.6 Å². The van der Waals surface area contributed by atoms with E-state index in [4.69, 9.17) is 5.73 Å². The number of pyridine rings is 1. The fourth-order valence-corrected chi connectivity index (χ4v) is 1.75. The van der Waals surface area contributed by atoms with Crippen molar-refractivity contribution in [3.8, 4) is 0 Å². The van der Waals surface area contributed by atoms with E-state index in [1.54, 1.807) is 0 Å². The van der Waals surface area contributed by atoms with Crippen LogP contribution in [0.1, 0.15) is 0 Å². The number of fused-ring (bicyclic) bond motifs is 3. The third-order valence-electron chi connectivity index (χ3n) is 2.51. The van der Waals surface area contributed by atoms with Crippen LogP contribution in [0.2, 0.25) is 0 Å². The highest BCUT2D eigenvalue weighted by molar-refractivity contribution is 5.89. The monoisotopic (exact) mass is 186 g/mol. The van der Waals surface area contributed by atoms with Gasteiger partial charge in [-0.2, -0.15) is 0 Å². The summed E-state index contributed by atoms with van der Waals surface area (Å²) >= 11 is 0. The fourth-order valence-electron chi connectivity index (χ4n) is 1.75. The molecular weight excluding hydrogens is 176 g/mol. The minimum absolute atomic E-state index is 0.712. The van der Waals surface area contributed by atoms with Crippen molar-refractivity contribution in [2.24, 2.45) is 7.05 Å². The number of hydrogen-bond acceptors (Lipinski definition) is 2. The lowest BCUT2D eigenvalue weighted by Crippen LogP contribution is -1.94. The Morgan fingerprint density at radius 2 is 2.21 bits per heavy atom. The standard InChI is InChI=1S/C10H10N4/c1-13-6-7-9(10(13)11)12-8-4-2-3-5-14(7)8/h2-6H,11H2,1H3. The Morgan fingerprint density at radius 3 is 3.07 bits per heavy atom. The normalized spacial score (nSPS) is 11.5. The van der Waals surface area contributed by atoms with Crippen LogP contribution in [0.25, 0.3) is 16.7 Å². The summed E-state index contributed by atoms with van der Waals surface area (Å²) in [6.07, 6.45) is 3.98. The second-order valence-electron chi connectivity index (χ2n) is 3.40. The molecule has 0 aliphatic carbocycles. The quantitative estimate of drug-likeness (QED) is 0.577. The van der Waals surface area contributed by atoms with E-state index in [1.165, 1.54) is 0 Å². The van der Waals surface area contributed by atoms with E-state index in [2.05, 4.69) is 4.98 Å². The molecule has 0 bridgehead atoms. The molecule has 0 aromatic carbocycles. The van der Waals surface area contributed by atoms with E-state index in [0.29, 0.717) is 5.82 Å². The summed E-state index contributed by atoms with van der Waals surface area (Å²) in [7, 11) is 1.92. The van der Waals surface area contributed by atoms with Crippen molar-refractivity contribution >= 4 is 22.5 Å². The Bertz CT molecular complexity index is 617. The van der Waals surface area contributed by atoms with Crippen molar-refractivity contribution in [1.82, 2.24) is 14.0 Å². The Balaban J connectivity index is 2.60. The van der Waals surface area contributed by atoms with Crippen LogP contribution >= 0.6 is 0 Å². The summed E-state index contributed by atoms with van der Waals surface area (Å²) in [6.45, 7) is 0. The van der Waals surface area contributed by atoms with Gasteiger partial charge >= 0.3 is 0 Å². The zero-order valence-corrected chi connectivity index (χ0v) is 7.81. The summed E-state index contributed by atoms with van der Waals surface area (Å²) < 4.78 is 3.92. The fraction of sp³-hybridized carbons (Fsp3) is 0.100. The Hall–Kier alpha value is -1.97.